The molecule has 2 bridgehead atoms. The Labute approximate surface area is 164 Å². The third kappa shape index (κ3) is 2.21. The summed E-state index contributed by atoms with van der Waals surface area (Å²) in [6.45, 7) is 6.21. The molecule has 1 aromatic carbocycles. The van der Waals surface area contributed by atoms with Crippen LogP contribution in [0.2, 0.25) is 0 Å². The molecule has 6 nitrogen and oxygen atoms in total. The first-order valence-corrected chi connectivity index (χ1v) is 9.52. The van der Waals surface area contributed by atoms with Crippen LogP contribution in [0.4, 0.5) is 5.69 Å². The molecule has 2 unspecified atom stereocenters. The number of nitrogens with zero attached hydrogens (tertiary/aromatic N) is 4. The van der Waals surface area contributed by atoms with Crippen molar-refractivity contribution < 1.29 is 4.79 Å². The second-order valence-corrected chi connectivity index (χ2v) is 8.10. The van der Waals surface area contributed by atoms with E-state index < -0.39 is 10.8 Å². The Balaban J connectivity index is 1.80. The van der Waals surface area contributed by atoms with E-state index in [4.69, 9.17) is 0 Å². The fourth-order valence-corrected chi connectivity index (χ4v) is 4.98. The van der Waals surface area contributed by atoms with Gasteiger partial charge in [-0.05, 0) is 42.4 Å². The van der Waals surface area contributed by atoms with Crippen LogP contribution in [0.25, 0.3) is 0 Å². The highest BCUT2D eigenvalue weighted by molar-refractivity contribution is 6.01. The molecule has 0 aliphatic heterocycles. The average molecular weight is 371 g/mol. The molecule has 6 heteroatoms. The highest BCUT2D eigenvalue weighted by Crippen LogP contribution is 2.67. The van der Waals surface area contributed by atoms with Crippen molar-refractivity contribution in [1.29, 1.82) is 10.5 Å². The highest BCUT2D eigenvalue weighted by atomic mass is 16.2. The zero-order valence-electron chi connectivity index (χ0n) is 16.2. The minimum atomic E-state index is -0.858. The molecule has 140 valence electrons. The largest absolute Gasteiger partial charge is 0.325 e. The van der Waals surface area contributed by atoms with Gasteiger partial charge in [-0.2, -0.15) is 10.5 Å². The van der Waals surface area contributed by atoms with Crippen LogP contribution >= 0.6 is 0 Å². The maximum atomic E-state index is 13.6. The van der Waals surface area contributed by atoms with Crippen molar-refractivity contribution >= 4 is 11.6 Å². The topological polar surface area (TPSA) is 102 Å². The molecule has 1 N–H and O–H groups in total. The van der Waals surface area contributed by atoms with Crippen molar-refractivity contribution in [3.63, 3.8) is 0 Å². The van der Waals surface area contributed by atoms with Crippen LogP contribution in [0.3, 0.4) is 0 Å². The first-order chi connectivity index (χ1) is 13.4. The molecule has 2 aliphatic rings. The second kappa shape index (κ2) is 6.14. The molecular formula is C22H21N5O. The third-order valence-corrected chi connectivity index (χ3v) is 6.66. The number of hydrogen-bond acceptors (Lipinski definition) is 5. The quantitative estimate of drug-likeness (QED) is 0.888. The molecule has 2 aliphatic carbocycles. The van der Waals surface area contributed by atoms with Crippen LogP contribution < -0.4 is 5.32 Å². The summed E-state index contributed by atoms with van der Waals surface area (Å²) in [7, 11) is 0. The first-order valence-electron chi connectivity index (χ1n) is 9.52. The van der Waals surface area contributed by atoms with Gasteiger partial charge in [0, 0.05) is 11.6 Å². The molecule has 4 rings (SSSR count). The summed E-state index contributed by atoms with van der Waals surface area (Å²) in [5.74, 6) is -0.0750. The lowest BCUT2D eigenvalue weighted by Crippen LogP contribution is -2.46. The molecule has 28 heavy (non-hydrogen) atoms. The molecule has 2 atom stereocenters. The van der Waals surface area contributed by atoms with Crippen molar-refractivity contribution in [3.8, 4) is 12.1 Å². The summed E-state index contributed by atoms with van der Waals surface area (Å²) in [5, 5.41) is 21.8. The molecule has 1 amide bonds. The van der Waals surface area contributed by atoms with E-state index in [1.165, 1.54) is 5.56 Å². The Bertz CT molecular complexity index is 1060. The van der Waals surface area contributed by atoms with Crippen molar-refractivity contribution in [1.82, 2.24) is 9.97 Å². The summed E-state index contributed by atoms with van der Waals surface area (Å²) < 4.78 is 0. The van der Waals surface area contributed by atoms with Gasteiger partial charge in [0.05, 0.1) is 16.8 Å². The Hall–Kier alpha value is -3.25. The van der Waals surface area contributed by atoms with Gasteiger partial charge in [-0.1, -0.05) is 32.9 Å². The maximum absolute atomic E-state index is 13.6. The minimum absolute atomic E-state index is 0.0101. The number of hydrogen-bond donors (Lipinski definition) is 1. The van der Waals surface area contributed by atoms with Gasteiger partial charge in [-0.15, -0.1) is 0 Å². The predicted octanol–water partition coefficient (Wildman–Crippen LogP) is 3.58. The molecule has 0 saturated heterocycles. The standard InChI is InChI=1S/C22H21N5O/c1-4-13-5-7-14(8-6-13)25-20(28)22-10-9-15(21(22,2)3)18-19(22)27-17(12-24)16(11-23)26-18/h5-8,15H,4,9-10H2,1-3H3,(H,25,28). The molecule has 1 heterocycles. The number of nitrogens with one attached hydrogen (secondary N) is 1. The van der Waals surface area contributed by atoms with Crippen molar-refractivity contribution in [2.45, 2.75) is 51.4 Å². The Kier molecular flexibility index (Phi) is 3.97. The molecule has 0 spiro atoms. The summed E-state index contributed by atoms with van der Waals surface area (Å²) in [6.07, 6.45) is 2.41. The molecule has 1 fully saturated rings. The number of rotatable bonds is 3. The maximum Gasteiger partial charge on any atom is 0.237 e. The fourth-order valence-electron chi connectivity index (χ4n) is 4.98. The van der Waals surface area contributed by atoms with Gasteiger partial charge < -0.3 is 5.32 Å². The number of nitriles is 2. The van der Waals surface area contributed by atoms with Gasteiger partial charge >= 0.3 is 0 Å². The van der Waals surface area contributed by atoms with Crippen molar-refractivity contribution in [2.24, 2.45) is 5.41 Å². The SMILES string of the molecule is CCc1ccc(NC(=O)C23CCC(c4nc(C#N)c(C#N)nc42)C3(C)C)cc1. The van der Waals surface area contributed by atoms with E-state index in [9.17, 15) is 15.3 Å². The molecule has 2 aromatic rings. The number of benzene rings is 1. The lowest BCUT2D eigenvalue weighted by molar-refractivity contribution is -0.124. The van der Waals surface area contributed by atoms with E-state index in [-0.39, 0.29) is 23.2 Å². The zero-order chi connectivity index (χ0) is 20.1. The normalized spacial score (nSPS) is 23.5. The number of aromatic nitrogens is 2. The molecule has 1 saturated carbocycles. The summed E-state index contributed by atoms with van der Waals surface area (Å²) in [6, 6.07) is 11.7. The lowest BCUT2D eigenvalue weighted by Gasteiger charge is -2.36. The van der Waals surface area contributed by atoms with E-state index in [1.54, 1.807) is 0 Å². The van der Waals surface area contributed by atoms with Crippen LogP contribution in [0.5, 0.6) is 0 Å². The van der Waals surface area contributed by atoms with Crippen molar-refractivity contribution in [3.05, 3.63) is 52.6 Å². The molecule has 0 radical (unpaired) electrons. The fraction of sp³-hybridized carbons (Fsp3) is 0.409. The minimum Gasteiger partial charge on any atom is -0.325 e. The van der Waals surface area contributed by atoms with Crippen LogP contribution in [-0.4, -0.2) is 15.9 Å². The second-order valence-electron chi connectivity index (χ2n) is 8.10. The van der Waals surface area contributed by atoms with Crippen LogP contribution in [0.15, 0.2) is 24.3 Å². The van der Waals surface area contributed by atoms with Crippen LogP contribution in [-0.2, 0) is 16.6 Å². The lowest BCUT2D eigenvalue weighted by atomic mass is 9.67. The monoisotopic (exact) mass is 371 g/mol. The number of carbonyl (C=O) groups excluding carboxylic acids is 1. The van der Waals surface area contributed by atoms with Gasteiger partial charge in [0.15, 0.2) is 11.4 Å². The Morgan fingerprint density at radius 3 is 2.43 bits per heavy atom. The van der Waals surface area contributed by atoms with Crippen LogP contribution in [0.1, 0.15) is 67.9 Å². The van der Waals surface area contributed by atoms with E-state index >= 15 is 0 Å². The highest BCUT2D eigenvalue weighted by Gasteiger charge is 2.68. The number of carbonyl (C=O) groups is 1. The average Bonchev–Trinajstić information content (AvgIpc) is 3.08. The smallest absolute Gasteiger partial charge is 0.237 e. The van der Waals surface area contributed by atoms with Crippen molar-refractivity contribution in [2.75, 3.05) is 5.32 Å². The Morgan fingerprint density at radius 2 is 1.82 bits per heavy atom. The number of anilines is 1. The number of amides is 1. The van der Waals surface area contributed by atoms with E-state index in [2.05, 4.69) is 36.1 Å². The van der Waals surface area contributed by atoms with E-state index in [1.807, 2.05) is 36.4 Å². The van der Waals surface area contributed by atoms with Gasteiger partial charge in [0.1, 0.15) is 12.1 Å². The van der Waals surface area contributed by atoms with E-state index in [0.717, 1.165) is 18.5 Å². The van der Waals surface area contributed by atoms with Gasteiger partial charge in [-0.3, -0.25) is 4.79 Å². The van der Waals surface area contributed by atoms with Crippen LogP contribution in [0, 0.1) is 28.1 Å². The Morgan fingerprint density at radius 1 is 1.18 bits per heavy atom. The van der Waals surface area contributed by atoms with Gasteiger partial charge in [0.2, 0.25) is 5.91 Å². The summed E-state index contributed by atoms with van der Waals surface area (Å²) in [5.41, 5.74) is 1.98. The molecular weight excluding hydrogens is 350 g/mol. The van der Waals surface area contributed by atoms with Gasteiger partial charge in [-0.25, -0.2) is 9.97 Å². The summed E-state index contributed by atoms with van der Waals surface area (Å²) in [4.78, 5) is 22.5. The first kappa shape index (κ1) is 18.1. The third-order valence-electron chi connectivity index (χ3n) is 6.66. The summed E-state index contributed by atoms with van der Waals surface area (Å²) >= 11 is 0. The van der Waals surface area contributed by atoms with Gasteiger partial charge in [0.25, 0.3) is 0 Å². The zero-order valence-corrected chi connectivity index (χ0v) is 16.2. The predicted molar refractivity (Wildman–Crippen MR) is 103 cm³/mol. The molecule has 1 aromatic heterocycles. The van der Waals surface area contributed by atoms with E-state index in [0.29, 0.717) is 17.8 Å². The number of fused-ring (bicyclic) bond motifs is 5. The number of aryl methyl sites for hydroxylation is 1.